The molecule has 1 aromatic heterocycles. The molecule has 0 fully saturated rings. The van der Waals surface area contributed by atoms with Crippen molar-refractivity contribution < 1.29 is 19.1 Å². The molecule has 0 saturated carbocycles. The van der Waals surface area contributed by atoms with Gasteiger partial charge in [-0.15, -0.1) is 11.3 Å². The van der Waals surface area contributed by atoms with E-state index in [-0.39, 0.29) is 22.5 Å². The molecule has 4 nitrogen and oxygen atoms in total. The number of nitrogens with one attached hydrogen (secondary N) is 1. The van der Waals surface area contributed by atoms with Crippen LogP contribution in [-0.4, -0.2) is 17.0 Å². The molecule has 1 amide bonds. The van der Waals surface area contributed by atoms with Gasteiger partial charge in [-0.05, 0) is 42.2 Å². The molecule has 1 unspecified atom stereocenters. The summed E-state index contributed by atoms with van der Waals surface area (Å²) in [5.74, 6) is -1.24. The van der Waals surface area contributed by atoms with Gasteiger partial charge in [-0.1, -0.05) is 19.1 Å². The van der Waals surface area contributed by atoms with Gasteiger partial charge in [0.2, 0.25) is 5.91 Å². The summed E-state index contributed by atoms with van der Waals surface area (Å²) in [6.45, 7) is 2.27. The molecule has 0 aliphatic heterocycles. The first kappa shape index (κ1) is 17.1. The van der Waals surface area contributed by atoms with Crippen LogP contribution in [0.4, 0.5) is 4.39 Å². The highest BCUT2D eigenvalue weighted by Crippen LogP contribution is 2.17. The first-order valence-corrected chi connectivity index (χ1v) is 8.09. The lowest BCUT2D eigenvalue weighted by molar-refractivity contribution is -0.122. The Labute approximate surface area is 138 Å². The zero-order chi connectivity index (χ0) is 16.8. The lowest BCUT2D eigenvalue weighted by Gasteiger charge is -2.11. The maximum absolute atomic E-state index is 13.1. The molecule has 2 aromatic rings. The van der Waals surface area contributed by atoms with Gasteiger partial charge in [0.1, 0.15) is 10.7 Å². The molecule has 2 rings (SSSR count). The van der Waals surface area contributed by atoms with Gasteiger partial charge in [0.15, 0.2) is 0 Å². The Morgan fingerprint density at radius 3 is 2.74 bits per heavy atom. The van der Waals surface area contributed by atoms with Gasteiger partial charge in [0, 0.05) is 11.3 Å². The number of halogens is 1. The van der Waals surface area contributed by atoms with Crippen molar-refractivity contribution in [3.63, 3.8) is 0 Å². The van der Waals surface area contributed by atoms with Crippen molar-refractivity contribution in [1.82, 2.24) is 5.32 Å². The molecule has 1 heterocycles. The highest BCUT2D eigenvalue weighted by Gasteiger charge is 2.12. The number of benzene rings is 1. The van der Waals surface area contributed by atoms with E-state index in [1.165, 1.54) is 18.2 Å². The monoisotopic (exact) mass is 335 g/mol. The van der Waals surface area contributed by atoms with Crippen LogP contribution in [0.25, 0.3) is 0 Å². The van der Waals surface area contributed by atoms with Crippen LogP contribution >= 0.6 is 11.3 Å². The second-order valence-corrected chi connectivity index (χ2v) is 6.66. The number of rotatable bonds is 7. The zero-order valence-electron chi connectivity index (χ0n) is 12.7. The zero-order valence-corrected chi connectivity index (χ0v) is 13.5. The Bertz CT molecular complexity index is 699. The van der Waals surface area contributed by atoms with Crippen molar-refractivity contribution in [3.8, 4) is 0 Å². The third-order valence-electron chi connectivity index (χ3n) is 3.34. The maximum Gasteiger partial charge on any atom is 0.345 e. The standard InChI is InChI=1S/C17H18FNO3S/c1-11(7-12-3-2-4-13(18)9-12)8-16(20)19-10-14-5-6-15(23-14)17(21)22/h2-6,9,11H,7-8,10H2,1H3,(H,19,20)(H,21,22). The Balaban J connectivity index is 1.78. The Morgan fingerprint density at radius 1 is 1.30 bits per heavy atom. The maximum atomic E-state index is 13.1. The van der Waals surface area contributed by atoms with Gasteiger partial charge >= 0.3 is 5.97 Å². The first-order chi connectivity index (χ1) is 10.9. The molecule has 2 N–H and O–H groups in total. The van der Waals surface area contributed by atoms with Crippen LogP contribution in [-0.2, 0) is 17.8 Å². The van der Waals surface area contributed by atoms with Crippen molar-refractivity contribution in [2.24, 2.45) is 5.92 Å². The van der Waals surface area contributed by atoms with Crippen LogP contribution in [0.1, 0.15) is 33.5 Å². The van der Waals surface area contributed by atoms with Crippen LogP contribution in [0.15, 0.2) is 36.4 Å². The number of hydrogen-bond donors (Lipinski definition) is 2. The van der Waals surface area contributed by atoms with E-state index in [4.69, 9.17) is 5.11 Å². The number of carboxylic acid groups (broad SMARTS) is 1. The van der Waals surface area contributed by atoms with E-state index in [1.54, 1.807) is 12.1 Å². The van der Waals surface area contributed by atoms with Crippen molar-refractivity contribution in [1.29, 1.82) is 0 Å². The van der Waals surface area contributed by atoms with E-state index in [1.807, 2.05) is 13.0 Å². The number of carboxylic acids is 1. The number of thiophene rings is 1. The van der Waals surface area contributed by atoms with E-state index < -0.39 is 5.97 Å². The summed E-state index contributed by atoms with van der Waals surface area (Å²) in [5, 5.41) is 11.6. The van der Waals surface area contributed by atoms with Crippen LogP contribution in [0.2, 0.25) is 0 Å². The van der Waals surface area contributed by atoms with E-state index in [9.17, 15) is 14.0 Å². The van der Waals surface area contributed by atoms with Crippen LogP contribution < -0.4 is 5.32 Å². The number of carbonyl (C=O) groups excluding carboxylic acids is 1. The molecule has 0 radical (unpaired) electrons. The molecule has 122 valence electrons. The predicted molar refractivity (Wildman–Crippen MR) is 87.0 cm³/mol. The normalized spacial score (nSPS) is 11.9. The fourth-order valence-corrected chi connectivity index (χ4v) is 3.09. The van der Waals surface area contributed by atoms with Gasteiger partial charge in [-0.25, -0.2) is 9.18 Å². The summed E-state index contributed by atoms with van der Waals surface area (Å²) in [7, 11) is 0. The van der Waals surface area contributed by atoms with Crippen molar-refractivity contribution >= 4 is 23.2 Å². The Kier molecular flexibility index (Phi) is 5.87. The summed E-state index contributed by atoms with van der Waals surface area (Å²) in [6.07, 6.45) is 0.973. The van der Waals surface area contributed by atoms with Crippen LogP contribution in [0.5, 0.6) is 0 Å². The van der Waals surface area contributed by atoms with Crippen molar-refractivity contribution in [3.05, 3.63) is 57.5 Å². The number of hydrogen-bond acceptors (Lipinski definition) is 3. The quantitative estimate of drug-likeness (QED) is 0.814. The van der Waals surface area contributed by atoms with Crippen LogP contribution in [0, 0.1) is 11.7 Å². The predicted octanol–water partition coefficient (Wildman–Crippen LogP) is 3.47. The molecule has 0 spiro atoms. The van der Waals surface area contributed by atoms with Gasteiger partial charge in [-0.3, -0.25) is 4.79 Å². The van der Waals surface area contributed by atoms with Gasteiger partial charge in [0.25, 0.3) is 0 Å². The molecule has 6 heteroatoms. The molecule has 0 saturated heterocycles. The fourth-order valence-electron chi connectivity index (χ4n) is 2.30. The third-order valence-corrected chi connectivity index (χ3v) is 4.41. The molecular weight excluding hydrogens is 317 g/mol. The van der Waals surface area contributed by atoms with Gasteiger partial charge in [0.05, 0.1) is 6.54 Å². The SMILES string of the molecule is CC(CC(=O)NCc1ccc(C(=O)O)s1)Cc1cccc(F)c1. The second-order valence-electron chi connectivity index (χ2n) is 5.49. The summed E-state index contributed by atoms with van der Waals surface area (Å²) >= 11 is 1.15. The van der Waals surface area contributed by atoms with Crippen molar-refractivity contribution in [2.45, 2.75) is 26.3 Å². The Morgan fingerprint density at radius 2 is 2.09 bits per heavy atom. The fraction of sp³-hybridized carbons (Fsp3) is 0.294. The second kappa shape index (κ2) is 7.87. The molecule has 0 aliphatic rings. The lowest BCUT2D eigenvalue weighted by atomic mass is 9.98. The minimum absolute atomic E-state index is 0.0923. The number of carbonyl (C=O) groups is 2. The van der Waals surface area contributed by atoms with Gasteiger partial charge in [-0.2, -0.15) is 0 Å². The topological polar surface area (TPSA) is 66.4 Å². The van der Waals surface area contributed by atoms with E-state index in [2.05, 4.69) is 5.32 Å². The Hall–Kier alpha value is -2.21. The average Bonchev–Trinajstić information content (AvgIpc) is 2.94. The molecule has 0 aliphatic carbocycles. The summed E-state index contributed by atoms with van der Waals surface area (Å²) < 4.78 is 13.1. The molecular formula is C17H18FNO3S. The first-order valence-electron chi connectivity index (χ1n) is 7.27. The van der Waals surface area contributed by atoms with Gasteiger partial charge < -0.3 is 10.4 Å². The van der Waals surface area contributed by atoms with Crippen LogP contribution in [0.3, 0.4) is 0 Å². The summed E-state index contributed by atoms with van der Waals surface area (Å²) in [4.78, 5) is 23.8. The number of amides is 1. The molecule has 23 heavy (non-hydrogen) atoms. The van der Waals surface area contributed by atoms with E-state index in [0.717, 1.165) is 21.8 Å². The minimum Gasteiger partial charge on any atom is -0.477 e. The highest BCUT2D eigenvalue weighted by molar-refractivity contribution is 7.13. The summed E-state index contributed by atoms with van der Waals surface area (Å²) in [5.41, 5.74) is 0.870. The molecule has 1 aromatic carbocycles. The number of aromatic carboxylic acids is 1. The lowest BCUT2D eigenvalue weighted by Crippen LogP contribution is -2.24. The smallest absolute Gasteiger partial charge is 0.345 e. The average molecular weight is 335 g/mol. The van der Waals surface area contributed by atoms with E-state index in [0.29, 0.717) is 19.4 Å². The van der Waals surface area contributed by atoms with E-state index >= 15 is 0 Å². The van der Waals surface area contributed by atoms with Crippen molar-refractivity contribution in [2.75, 3.05) is 0 Å². The molecule has 1 atom stereocenters. The largest absolute Gasteiger partial charge is 0.477 e. The third kappa shape index (κ3) is 5.49. The highest BCUT2D eigenvalue weighted by atomic mass is 32.1. The summed E-state index contributed by atoms with van der Waals surface area (Å²) in [6, 6.07) is 9.61. The minimum atomic E-state index is -0.962. The molecule has 0 bridgehead atoms.